The van der Waals surface area contributed by atoms with E-state index in [1.165, 1.54) is 13.7 Å². The van der Waals surface area contributed by atoms with Crippen LogP contribution in [0, 0.1) is 3.57 Å². The van der Waals surface area contributed by atoms with Gasteiger partial charge in [-0.25, -0.2) is 0 Å². The third-order valence-corrected chi connectivity index (χ3v) is 5.11. The molecule has 13 heavy (non-hydrogen) atoms. The molecule has 0 spiro atoms. The minimum Gasteiger partial charge on any atom is -0.496 e. The first-order chi connectivity index (χ1) is 6.24. The summed E-state index contributed by atoms with van der Waals surface area (Å²) in [6, 6.07) is 4.12. The van der Waals surface area contributed by atoms with Crippen LogP contribution in [-0.4, -0.2) is 7.11 Å². The summed E-state index contributed by atoms with van der Waals surface area (Å²) >= 11 is 8.45. The molecule has 0 aliphatic heterocycles. The zero-order chi connectivity index (χ0) is 9.42. The summed E-state index contributed by atoms with van der Waals surface area (Å²) in [6.45, 7) is 0. The Bertz CT molecular complexity index is 450. The quantitative estimate of drug-likeness (QED) is 0.621. The molecule has 0 aliphatic rings. The molecule has 0 radical (unpaired) electrons. The summed E-state index contributed by atoms with van der Waals surface area (Å²) in [6.07, 6.45) is 0. The van der Waals surface area contributed by atoms with Crippen LogP contribution in [0.25, 0.3) is 10.1 Å². The number of thiophene rings is 1. The summed E-state index contributed by atoms with van der Waals surface area (Å²) < 4.78 is 7.68. The second-order valence-corrected chi connectivity index (χ2v) is 5.02. The molecule has 0 saturated heterocycles. The molecule has 68 valence electrons. The number of hydrogen-bond acceptors (Lipinski definition) is 3. The Kier molecular flexibility index (Phi) is 2.71. The Labute approximate surface area is 99.6 Å². The van der Waals surface area contributed by atoms with Gasteiger partial charge in [-0.3, -0.25) is 0 Å². The van der Waals surface area contributed by atoms with Crippen molar-refractivity contribution in [2.45, 2.75) is 4.90 Å². The van der Waals surface area contributed by atoms with E-state index in [0.29, 0.717) is 0 Å². The summed E-state index contributed by atoms with van der Waals surface area (Å²) in [4.78, 5) is 0.929. The van der Waals surface area contributed by atoms with Gasteiger partial charge in [-0.15, -0.1) is 24.0 Å². The molecular formula is C9H7IOS2. The van der Waals surface area contributed by atoms with E-state index in [4.69, 9.17) is 4.74 Å². The Morgan fingerprint density at radius 1 is 1.54 bits per heavy atom. The van der Waals surface area contributed by atoms with Gasteiger partial charge >= 0.3 is 0 Å². The minimum atomic E-state index is 0.846. The first kappa shape index (κ1) is 9.61. The molecule has 1 aromatic heterocycles. The molecule has 1 aromatic carbocycles. The highest BCUT2D eigenvalue weighted by atomic mass is 127. The molecule has 4 heteroatoms. The fraction of sp³-hybridized carbons (Fsp3) is 0.111. The van der Waals surface area contributed by atoms with Crippen molar-refractivity contribution in [3.63, 3.8) is 0 Å². The van der Waals surface area contributed by atoms with Gasteiger partial charge < -0.3 is 4.74 Å². The number of methoxy groups -OCH3 is 1. The van der Waals surface area contributed by atoms with E-state index in [1.807, 2.05) is 6.07 Å². The molecule has 2 aromatic rings. The van der Waals surface area contributed by atoms with E-state index < -0.39 is 0 Å². The molecule has 0 aliphatic carbocycles. The molecule has 1 nitrogen and oxygen atoms in total. The van der Waals surface area contributed by atoms with Crippen molar-refractivity contribution in [1.29, 1.82) is 0 Å². The van der Waals surface area contributed by atoms with Gasteiger partial charge in [0.2, 0.25) is 0 Å². The molecule has 0 amide bonds. The predicted molar refractivity (Wildman–Crippen MR) is 68.3 cm³/mol. The van der Waals surface area contributed by atoms with E-state index in [2.05, 4.69) is 46.7 Å². The number of rotatable bonds is 1. The highest BCUT2D eigenvalue weighted by Crippen LogP contribution is 2.36. The zero-order valence-electron chi connectivity index (χ0n) is 6.87. The van der Waals surface area contributed by atoms with Gasteiger partial charge in [-0.1, -0.05) is 0 Å². The molecule has 0 fully saturated rings. The molecule has 0 saturated carbocycles. The molecule has 0 atom stereocenters. The lowest BCUT2D eigenvalue weighted by molar-refractivity contribution is 0.405. The molecule has 0 unspecified atom stereocenters. The molecule has 0 N–H and O–H groups in total. The summed E-state index contributed by atoms with van der Waals surface area (Å²) in [5.41, 5.74) is 0. The average Bonchev–Trinajstić information content (AvgIpc) is 2.59. The Hall–Kier alpha value is 0.0600. The molecule has 0 bridgehead atoms. The normalized spacial score (nSPS) is 10.7. The van der Waals surface area contributed by atoms with Crippen LogP contribution in [-0.2, 0) is 0 Å². The first-order valence-corrected chi connectivity index (χ1v) is 6.07. The third kappa shape index (κ3) is 1.55. The van der Waals surface area contributed by atoms with Gasteiger partial charge in [-0.2, -0.15) is 0 Å². The zero-order valence-corrected chi connectivity index (χ0v) is 10.7. The molecular weight excluding hydrogens is 315 g/mol. The van der Waals surface area contributed by atoms with Crippen molar-refractivity contribution < 1.29 is 4.74 Å². The monoisotopic (exact) mass is 322 g/mol. The lowest BCUT2D eigenvalue weighted by Crippen LogP contribution is -1.86. The number of halogens is 1. The number of thiol groups is 1. The van der Waals surface area contributed by atoms with Crippen LogP contribution in [0.4, 0.5) is 0 Å². The maximum Gasteiger partial charge on any atom is 0.133 e. The van der Waals surface area contributed by atoms with E-state index in [-0.39, 0.29) is 0 Å². The van der Waals surface area contributed by atoms with Crippen LogP contribution in [0.5, 0.6) is 5.75 Å². The van der Waals surface area contributed by atoms with Crippen LogP contribution in [0.1, 0.15) is 0 Å². The van der Waals surface area contributed by atoms with Crippen LogP contribution in [0.15, 0.2) is 22.4 Å². The van der Waals surface area contributed by atoms with Crippen molar-refractivity contribution in [2.24, 2.45) is 0 Å². The topological polar surface area (TPSA) is 9.23 Å². The standard InChI is InChI=1S/C9H7IOS2/c1-11-6-4-5-2-3-13-9(5)7(10)8(6)12/h2-4,12H,1H3. The maximum absolute atomic E-state index is 5.23. The summed E-state index contributed by atoms with van der Waals surface area (Å²) in [5.74, 6) is 0.846. The largest absolute Gasteiger partial charge is 0.496 e. The second kappa shape index (κ2) is 3.67. The number of hydrogen-bond donors (Lipinski definition) is 1. The number of fused-ring (bicyclic) bond motifs is 1. The Morgan fingerprint density at radius 3 is 3.00 bits per heavy atom. The maximum atomic E-state index is 5.23. The summed E-state index contributed by atoms with van der Waals surface area (Å²) in [7, 11) is 1.67. The van der Waals surface area contributed by atoms with Crippen molar-refractivity contribution in [3.05, 3.63) is 21.1 Å². The lowest BCUT2D eigenvalue weighted by Gasteiger charge is -2.06. The predicted octanol–water partition coefficient (Wildman–Crippen LogP) is 3.80. The smallest absolute Gasteiger partial charge is 0.133 e. The van der Waals surface area contributed by atoms with Gasteiger partial charge in [0.15, 0.2) is 0 Å². The number of ether oxygens (including phenoxy) is 1. The third-order valence-electron chi connectivity index (χ3n) is 1.84. The van der Waals surface area contributed by atoms with Crippen LogP contribution < -0.4 is 4.74 Å². The Morgan fingerprint density at radius 2 is 2.31 bits per heavy atom. The summed E-state index contributed by atoms with van der Waals surface area (Å²) in [5, 5.41) is 3.31. The van der Waals surface area contributed by atoms with Gasteiger partial charge in [0, 0.05) is 8.27 Å². The average molecular weight is 322 g/mol. The minimum absolute atomic E-state index is 0.846. The fourth-order valence-electron chi connectivity index (χ4n) is 1.19. The van der Waals surface area contributed by atoms with Gasteiger partial charge in [0.05, 0.1) is 12.0 Å². The fourth-order valence-corrected chi connectivity index (χ4v) is 3.31. The van der Waals surface area contributed by atoms with E-state index in [0.717, 1.165) is 10.6 Å². The van der Waals surface area contributed by atoms with E-state index in [1.54, 1.807) is 18.4 Å². The SMILES string of the molecule is COc1cc2ccsc2c(I)c1S. The molecule has 2 rings (SSSR count). The van der Waals surface area contributed by atoms with Crippen molar-refractivity contribution in [3.8, 4) is 5.75 Å². The second-order valence-electron chi connectivity index (χ2n) is 2.58. The Balaban J connectivity index is 2.83. The van der Waals surface area contributed by atoms with E-state index in [9.17, 15) is 0 Å². The van der Waals surface area contributed by atoms with Gasteiger partial charge in [0.1, 0.15) is 5.75 Å². The van der Waals surface area contributed by atoms with Crippen molar-refractivity contribution in [1.82, 2.24) is 0 Å². The van der Waals surface area contributed by atoms with Crippen LogP contribution >= 0.6 is 46.6 Å². The highest BCUT2D eigenvalue weighted by molar-refractivity contribution is 14.1. The molecule has 1 heterocycles. The van der Waals surface area contributed by atoms with E-state index >= 15 is 0 Å². The van der Waals surface area contributed by atoms with Crippen LogP contribution in [0.3, 0.4) is 0 Å². The lowest BCUT2D eigenvalue weighted by atomic mass is 10.2. The van der Waals surface area contributed by atoms with Crippen molar-refractivity contribution >= 4 is 56.6 Å². The van der Waals surface area contributed by atoms with Crippen LogP contribution in [0.2, 0.25) is 0 Å². The first-order valence-electron chi connectivity index (χ1n) is 3.66. The van der Waals surface area contributed by atoms with Gasteiger partial charge in [0.25, 0.3) is 0 Å². The number of benzene rings is 1. The van der Waals surface area contributed by atoms with Gasteiger partial charge in [-0.05, 0) is 45.5 Å². The highest BCUT2D eigenvalue weighted by Gasteiger charge is 2.09. The van der Waals surface area contributed by atoms with Crippen molar-refractivity contribution in [2.75, 3.05) is 7.11 Å².